The summed E-state index contributed by atoms with van der Waals surface area (Å²) in [6.45, 7) is 5.56. The quantitative estimate of drug-likeness (QED) is 0.693. The molecule has 1 fully saturated rings. The van der Waals surface area contributed by atoms with E-state index in [9.17, 15) is 9.59 Å². The Hall–Kier alpha value is -1.14. The Labute approximate surface area is 101 Å². The Morgan fingerprint density at radius 1 is 1.53 bits per heavy atom. The lowest BCUT2D eigenvalue weighted by Crippen LogP contribution is -2.49. The normalized spacial score (nSPS) is 20.6. The first-order valence-electron chi connectivity index (χ1n) is 5.86. The number of hydrogen-bond donors (Lipinski definition) is 2. The second kappa shape index (κ2) is 6.56. The molecular weight excluding hydrogens is 224 g/mol. The van der Waals surface area contributed by atoms with Crippen LogP contribution in [0.2, 0.25) is 0 Å². The molecule has 0 aromatic heterocycles. The van der Waals surface area contributed by atoms with Gasteiger partial charge in [-0.1, -0.05) is 13.8 Å². The van der Waals surface area contributed by atoms with Crippen molar-refractivity contribution in [3.63, 3.8) is 0 Å². The first-order valence-corrected chi connectivity index (χ1v) is 5.86. The third-order valence-electron chi connectivity index (χ3n) is 2.59. The zero-order valence-electron chi connectivity index (χ0n) is 10.3. The number of carbonyl (C=O) groups is 2. The first-order chi connectivity index (χ1) is 8.00. The minimum atomic E-state index is -1.01. The predicted molar refractivity (Wildman–Crippen MR) is 61.7 cm³/mol. The van der Waals surface area contributed by atoms with Crippen LogP contribution in [0.1, 0.15) is 20.3 Å². The lowest BCUT2D eigenvalue weighted by molar-refractivity contribution is -0.159. The van der Waals surface area contributed by atoms with Gasteiger partial charge in [0.25, 0.3) is 0 Å². The molecule has 1 saturated heterocycles. The lowest BCUT2D eigenvalue weighted by atomic mass is 10.2. The van der Waals surface area contributed by atoms with Gasteiger partial charge in [0.15, 0.2) is 6.10 Å². The second-order valence-electron chi connectivity index (χ2n) is 4.40. The van der Waals surface area contributed by atoms with Crippen LogP contribution in [0.25, 0.3) is 0 Å². The molecule has 98 valence electrons. The smallest absolute Gasteiger partial charge is 0.334 e. The van der Waals surface area contributed by atoms with Crippen molar-refractivity contribution in [2.24, 2.45) is 0 Å². The fourth-order valence-electron chi connectivity index (χ4n) is 1.65. The van der Waals surface area contributed by atoms with Crippen LogP contribution in [0.15, 0.2) is 0 Å². The standard InChI is InChI=1S/C11H20N2O4/c1-8(2)12-4-3-10(14)13-5-6-17-9(7-13)11(15)16/h8-9,12H,3-7H2,1-2H3,(H,15,16). The summed E-state index contributed by atoms with van der Waals surface area (Å²) in [5.74, 6) is -1.03. The molecular formula is C11H20N2O4. The highest BCUT2D eigenvalue weighted by Gasteiger charge is 2.28. The number of nitrogens with one attached hydrogen (secondary N) is 1. The van der Waals surface area contributed by atoms with Gasteiger partial charge >= 0.3 is 5.97 Å². The topological polar surface area (TPSA) is 78.9 Å². The number of nitrogens with zero attached hydrogens (tertiary/aromatic N) is 1. The summed E-state index contributed by atoms with van der Waals surface area (Å²) in [6.07, 6.45) is -0.490. The molecule has 1 rings (SSSR count). The maximum atomic E-state index is 11.8. The average Bonchev–Trinajstić information content (AvgIpc) is 2.28. The van der Waals surface area contributed by atoms with Crippen molar-refractivity contribution in [3.05, 3.63) is 0 Å². The van der Waals surface area contributed by atoms with Crippen LogP contribution < -0.4 is 5.32 Å². The van der Waals surface area contributed by atoms with Crippen molar-refractivity contribution in [1.29, 1.82) is 0 Å². The molecule has 0 radical (unpaired) electrons. The van der Waals surface area contributed by atoms with Crippen molar-refractivity contribution in [2.45, 2.75) is 32.4 Å². The zero-order valence-corrected chi connectivity index (χ0v) is 10.3. The predicted octanol–water partition coefficient (Wildman–Crippen LogP) is -0.313. The van der Waals surface area contributed by atoms with Crippen LogP contribution in [-0.2, 0) is 14.3 Å². The fourth-order valence-corrected chi connectivity index (χ4v) is 1.65. The maximum Gasteiger partial charge on any atom is 0.334 e. The molecule has 1 heterocycles. The molecule has 6 heteroatoms. The highest BCUT2D eigenvalue weighted by Crippen LogP contribution is 2.06. The molecule has 1 amide bonds. The van der Waals surface area contributed by atoms with E-state index in [-0.39, 0.29) is 12.5 Å². The van der Waals surface area contributed by atoms with Gasteiger partial charge in [0.2, 0.25) is 5.91 Å². The molecule has 6 nitrogen and oxygen atoms in total. The highest BCUT2D eigenvalue weighted by molar-refractivity contribution is 5.78. The highest BCUT2D eigenvalue weighted by atomic mass is 16.5. The summed E-state index contributed by atoms with van der Waals surface area (Å²) >= 11 is 0. The minimum Gasteiger partial charge on any atom is -0.479 e. The number of carboxylic acid groups (broad SMARTS) is 1. The van der Waals surface area contributed by atoms with Crippen LogP contribution >= 0.6 is 0 Å². The molecule has 1 atom stereocenters. The largest absolute Gasteiger partial charge is 0.479 e. The van der Waals surface area contributed by atoms with Gasteiger partial charge in [0.1, 0.15) is 0 Å². The van der Waals surface area contributed by atoms with Gasteiger partial charge in [0, 0.05) is 25.6 Å². The Bertz CT molecular complexity index is 281. The van der Waals surface area contributed by atoms with E-state index in [4.69, 9.17) is 9.84 Å². The van der Waals surface area contributed by atoms with Crippen LogP contribution in [0, 0.1) is 0 Å². The van der Waals surface area contributed by atoms with Crippen molar-refractivity contribution >= 4 is 11.9 Å². The van der Waals surface area contributed by atoms with Crippen LogP contribution in [0.5, 0.6) is 0 Å². The van der Waals surface area contributed by atoms with Crippen molar-refractivity contribution in [1.82, 2.24) is 10.2 Å². The molecule has 0 aliphatic carbocycles. The van der Waals surface area contributed by atoms with Gasteiger partial charge in [-0.3, -0.25) is 4.79 Å². The van der Waals surface area contributed by atoms with E-state index in [0.29, 0.717) is 32.2 Å². The third kappa shape index (κ3) is 4.70. The first kappa shape index (κ1) is 13.9. The third-order valence-corrected chi connectivity index (χ3v) is 2.59. The van der Waals surface area contributed by atoms with E-state index in [1.165, 1.54) is 0 Å². The van der Waals surface area contributed by atoms with Crippen LogP contribution in [-0.4, -0.2) is 60.3 Å². The number of amides is 1. The van der Waals surface area contributed by atoms with Crippen molar-refractivity contribution < 1.29 is 19.4 Å². The summed E-state index contributed by atoms with van der Waals surface area (Å²) in [5, 5.41) is 12.0. The second-order valence-corrected chi connectivity index (χ2v) is 4.40. The summed E-state index contributed by atoms with van der Waals surface area (Å²) in [4.78, 5) is 24.1. The Kier molecular flexibility index (Phi) is 5.37. The Morgan fingerprint density at radius 3 is 2.82 bits per heavy atom. The van der Waals surface area contributed by atoms with Gasteiger partial charge in [-0.15, -0.1) is 0 Å². The van der Waals surface area contributed by atoms with Crippen LogP contribution in [0.4, 0.5) is 0 Å². The molecule has 0 bridgehead atoms. The maximum absolute atomic E-state index is 11.8. The van der Waals surface area contributed by atoms with E-state index in [1.807, 2.05) is 13.8 Å². The number of carboxylic acids is 1. The van der Waals surface area contributed by atoms with Gasteiger partial charge < -0.3 is 20.1 Å². The number of rotatable bonds is 5. The number of hydrogen-bond acceptors (Lipinski definition) is 4. The van der Waals surface area contributed by atoms with E-state index in [2.05, 4.69) is 5.32 Å². The molecule has 0 spiro atoms. The average molecular weight is 244 g/mol. The van der Waals surface area contributed by atoms with Crippen LogP contribution in [0.3, 0.4) is 0 Å². The number of aliphatic carboxylic acids is 1. The number of ether oxygens (including phenoxy) is 1. The molecule has 1 aliphatic rings. The minimum absolute atomic E-state index is 0.0206. The molecule has 2 N–H and O–H groups in total. The molecule has 1 aliphatic heterocycles. The Balaban J connectivity index is 2.33. The van der Waals surface area contributed by atoms with Crippen molar-refractivity contribution in [2.75, 3.05) is 26.2 Å². The van der Waals surface area contributed by atoms with E-state index < -0.39 is 12.1 Å². The van der Waals surface area contributed by atoms with E-state index >= 15 is 0 Å². The number of carbonyl (C=O) groups excluding carboxylic acids is 1. The summed E-state index contributed by atoms with van der Waals surface area (Å²) in [5.41, 5.74) is 0. The molecule has 0 aromatic rings. The number of morpholine rings is 1. The van der Waals surface area contributed by atoms with Gasteiger partial charge in [-0.05, 0) is 0 Å². The van der Waals surface area contributed by atoms with Gasteiger partial charge in [-0.2, -0.15) is 0 Å². The molecule has 0 saturated carbocycles. The molecule has 17 heavy (non-hydrogen) atoms. The SMILES string of the molecule is CC(C)NCCC(=O)N1CCOC(C(=O)O)C1. The molecule has 1 unspecified atom stereocenters. The summed E-state index contributed by atoms with van der Waals surface area (Å²) in [7, 11) is 0. The van der Waals surface area contributed by atoms with Gasteiger partial charge in [-0.25, -0.2) is 4.79 Å². The lowest BCUT2D eigenvalue weighted by Gasteiger charge is -2.31. The van der Waals surface area contributed by atoms with Crippen molar-refractivity contribution in [3.8, 4) is 0 Å². The van der Waals surface area contributed by atoms with E-state index in [1.54, 1.807) is 4.90 Å². The summed E-state index contributed by atoms with van der Waals surface area (Å²) in [6, 6.07) is 0.347. The zero-order chi connectivity index (χ0) is 12.8. The summed E-state index contributed by atoms with van der Waals surface area (Å²) < 4.78 is 5.05. The van der Waals surface area contributed by atoms with Gasteiger partial charge in [0.05, 0.1) is 13.2 Å². The Morgan fingerprint density at radius 2 is 2.24 bits per heavy atom. The molecule has 0 aromatic carbocycles. The van der Waals surface area contributed by atoms with E-state index in [0.717, 1.165) is 0 Å². The monoisotopic (exact) mass is 244 g/mol. The fraction of sp³-hybridized carbons (Fsp3) is 0.818.